The summed E-state index contributed by atoms with van der Waals surface area (Å²) in [5, 5.41) is 2.87. The molecule has 0 radical (unpaired) electrons. The Hall–Kier alpha value is -2.69. The maximum atomic E-state index is 14.3. The molecule has 1 fully saturated rings. The van der Waals surface area contributed by atoms with Gasteiger partial charge in [-0.2, -0.15) is 0 Å². The topological polar surface area (TPSA) is 49.4 Å². The number of piperidine rings is 1. The number of anilines is 1. The molecule has 2 aromatic rings. The molecule has 4 nitrogen and oxygen atoms in total. The second-order valence-electron chi connectivity index (χ2n) is 5.97. The Bertz CT molecular complexity index is 748. The molecule has 1 heterocycles. The van der Waals surface area contributed by atoms with Gasteiger partial charge in [0.15, 0.2) is 0 Å². The van der Waals surface area contributed by atoms with Gasteiger partial charge in [-0.05, 0) is 24.6 Å². The van der Waals surface area contributed by atoms with Crippen molar-refractivity contribution in [2.24, 2.45) is 5.92 Å². The van der Waals surface area contributed by atoms with E-state index in [9.17, 15) is 14.0 Å². The summed E-state index contributed by atoms with van der Waals surface area (Å²) < 4.78 is 14.3. The van der Waals surface area contributed by atoms with E-state index >= 15 is 0 Å². The lowest BCUT2D eigenvalue weighted by molar-refractivity contribution is -0.140. The zero-order valence-electron chi connectivity index (χ0n) is 13.4. The average molecular weight is 326 g/mol. The Kier molecular flexibility index (Phi) is 4.60. The molecule has 0 aromatic heterocycles. The number of nitrogens with one attached hydrogen (secondary N) is 1. The Labute approximate surface area is 140 Å². The standard InChI is InChI=1S/C19H19FN2O2/c1-22-17(23)12-11-15(18(22)14-9-5-6-10-16(14)20)19(24)21-13-7-3-2-4-8-13/h2-10,15,18H,11-12H2,1H3,(H,21,24)/t15-,18+/m0/s1. The third-order valence-electron chi connectivity index (χ3n) is 4.46. The fourth-order valence-corrected chi connectivity index (χ4v) is 3.21. The van der Waals surface area contributed by atoms with Crippen LogP contribution in [0.25, 0.3) is 0 Å². The van der Waals surface area contributed by atoms with E-state index in [4.69, 9.17) is 0 Å². The molecule has 3 rings (SSSR count). The molecular weight excluding hydrogens is 307 g/mol. The van der Waals surface area contributed by atoms with Crippen molar-refractivity contribution >= 4 is 17.5 Å². The lowest BCUT2D eigenvalue weighted by Crippen LogP contribution is -2.44. The van der Waals surface area contributed by atoms with Crippen LogP contribution in [-0.2, 0) is 9.59 Å². The normalized spacial score (nSPS) is 20.8. The Morgan fingerprint density at radius 2 is 1.79 bits per heavy atom. The van der Waals surface area contributed by atoms with Crippen LogP contribution in [0.15, 0.2) is 54.6 Å². The molecule has 1 N–H and O–H groups in total. The summed E-state index contributed by atoms with van der Waals surface area (Å²) >= 11 is 0. The van der Waals surface area contributed by atoms with Crippen LogP contribution >= 0.6 is 0 Å². The van der Waals surface area contributed by atoms with Gasteiger partial charge in [-0.25, -0.2) is 4.39 Å². The summed E-state index contributed by atoms with van der Waals surface area (Å²) in [5.41, 5.74) is 1.07. The number of amides is 2. The van der Waals surface area contributed by atoms with E-state index in [0.717, 1.165) is 0 Å². The summed E-state index contributed by atoms with van der Waals surface area (Å²) in [5.74, 6) is -1.17. The van der Waals surface area contributed by atoms with Crippen LogP contribution in [0.5, 0.6) is 0 Å². The lowest BCUT2D eigenvalue weighted by Gasteiger charge is -2.38. The minimum Gasteiger partial charge on any atom is -0.338 e. The van der Waals surface area contributed by atoms with Crippen molar-refractivity contribution in [2.75, 3.05) is 12.4 Å². The molecule has 0 aliphatic carbocycles. The zero-order chi connectivity index (χ0) is 17.1. The number of halogens is 1. The molecule has 5 heteroatoms. The number of carbonyl (C=O) groups is 2. The van der Waals surface area contributed by atoms with Crippen molar-refractivity contribution in [1.29, 1.82) is 0 Å². The molecule has 2 aromatic carbocycles. The van der Waals surface area contributed by atoms with Gasteiger partial charge in [0.05, 0.1) is 12.0 Å². The van der Waals surface area contributed by atoms with Crippen LogP contribution in [-0.4, -0.2) is 23.8 Å². The van der Waals surface area contributed by atoms with Gasteiger partial charge in [0, 0.05) is 24.7 Å². The Balaban J connectivity index is 1.91. The molecule has 1 aliphatic rings. The quantitative estimate of drug-likeness (QED) is 0.940. The molecule has 0 spiro atoms. The number of para-hydroxylation sites is 1. The lowest BCUT2D eigenvalue weighted by atomic mass is 9.83. The number of benzene rings is 2. The van der Waals surface area contributed by atoms with Gasteiger partial charge in [-0.1, -0.05) is 36.4 Å². The molecule has 124 valence electrons. The van der Waals surface area contributed by atoms with Crippen LogP contribution in [0.4, 0.5) is 10.1 Å². The van der Waals surface area contributed by atoms with Crippen molar-refractivity contribution in [3.63, 3.8) is 0 Å². The van der Waals surface area contributed by atoms with Crippen LogP contribution in [0.1, 0.15) is 24.4 Å². The third kappa shape index (κ3) is 3.15. The van der Waals surface area contributed by atoms with E-state index in [-0.39, 0.29) is 18.2 Å². The van der Waals surface area contributed by atoms with Gasteiger partial charge >= 0.3 is 0 Å². The largest absolute Gasteiger partial charge is 0.338 e. The smallest absolute Gasteiger partial charge is 0.229 e. The number of hydrogen-bond acceptors (Lipinski definition) is 2. The van der Waals surface area contributed by atoms with Crippen molar-refractivity contribution in [1.82, 2.24) is 4.90 Å². The zero-order valence-corrected chi connectivity index (χ0v) is 13.4. The Morgan fingerprint density at radius 1 is 1.12 bits per heavy atom. The number of nitrogens with zero attached hydrogens (tertiary/aromatic N) is 1. The fraction of sp³-hybridized carbons (Fsp3) is 0.263. The number of hydrogen-bond donors (Lipinski definition) is 1. The minimum atomic E-state index is -0.601. The summed E-state index contributed by atoms with van der Waals surface area (Å²) in [6, 6.07) is 14.8. The monoisotopic (exact) mass is 326 g/mol. The molecule has 1 saturated heterocycles. The first-order chi connectivity index (χ1) is 11.6. The fourth-order valence-electron chi connectivity index (χ4n) is 3.21. The summed E-state index contributed by atoms with van der Waals surface area (Å²) in [7, 11) is 1.63. The third-order valence-corrected chi connectivity index (χ3v) is 4.46. The highest BCUT2D eigenvalue weighted by Gasteiger charge is 2.39. The van der Waals surface area contributed by atoms with E-state index in [1.807, 2.05) is 18.2 Å². The van der Waals surface area contributed by atoms with E-state index in [1.165, 1.54) is 11.0 Å². The van der Waals surface area contributed by atoms with Crippen molar-refractivity contribution in [2.45, 2.75) is 18.9 Å². The second-order valence-corrected chi connectivity index (χ2v) is 5.97. The predicted molar refractivity (Wildman–Crippen MR) is 89.7 cm³/mol. The van der Waals surface area contributed by atoms with Crippen molar-refractivity contribution < 1.29 is 14.0 Å². The van der Waals surface area contributed by atoms with Gasteiger partial charge in [-0.3, -0.25) is 9.59 Å². The first-order valence-corrected chi connectivity index (χ1v) is 7.94. The first kappa shape index (κ1) is 16.2. The van der Waals surface area contributed by atoms with Crippen LogP contribution in [0.3, 0.4) is 0 Å². The van der Waals surface area contributed by atoms with Crippen molar-refractivity contribution in [3.05, 3.63) is 66.0 Å². The predicted octanol–water partition coefficient (Wildman–Crippen LogP) is 3.37. The van der Waals surface area contributed by atoms with E-state index in [2.05, 4.69) is 5.32 Å². The molecule has 0 saturated carbocycles. The highest BCUT2D eigenvalue weighted by molar-refractivity contribution is 5.94. The van der Waals surface area contributed by atoms with Gasteiger partial charge in [0.1, 0.15) is 5.82 Å². The average Bonchev–Trinajstić information content (AvgIpc) is 2.59. The maximum Gasteiger partial charge on any atom is 0.229 e. The molecule has 2 amide bonds. The minimum absolute atomic E-state index is 0.0768. The molecular formula is C19H19FN2O2. The Morgan fingerprint density at radius 3 is 2.50 bits per heavy atom. The van der Waals surface area contributed by atoms with E-state index in [0.29, 0.717) is 17.7 Å². The van der Waals surface area contributed by atoms with Gasteiger partial charge in [0.25, 0.3) is 0 Å². The first-order valence-electron chi connectivity index (χ1n) is 7.94. The molecule has 24 heavy (non-hydrogen) atoms. The molecule has 1 aliphatic heterocycles. The molecule has 2 atom stereocenters. The SMILES string of the molecule is CN1C(=O)CC[C@H](C(=O)Nc2ccccc2)[C@H]1c1ccccc1F. The van der Waals surface area contributed by atoms with E-state index < -0.39 is 17.8 Å². The highest BCUT2D eigenvalue weighted by atomic mass is 19.1. The van der Waals surface area contributed by atoms with Crippen LogP contribution in [0.2, 0.25) is 0 Å². The summed E-state index contributed by atoms with van der Waals surface area (Å²) in [6.45, 7) is 0. The van der Waals surface area contributed by atoms with Crippen LogP contribution < -0.4 is 5.32 Å². The van der Waals surface area contributed by atoms with Gasteiger partial charge < -0.3 is 10.2 Å². The molecule has 0 unspecified atom stereocenters. The van der Waals surface area contributed by atoms with Gasteiger partial charge in [0.2, 0.25) is 11.8 Å². The number of rotatable bonds is 3. The second kappa shape index (κ2) is 6.83. The van der Waals surface area contributed by atoms with Gasteiger partial charge in [-0.15, -0.1) is 0 Å². The summed E-state index contributed by atoms with van der Waals surface area (Å²) in [4.78, 5) is 26.3. The number of likely N-dealkylation sites (tertiary alicyclic amines) is 1. The van der Waals surface area contributed by atoms with E-state index in [1.54, 1.807) is 37.4 Å². The molecule has 0 bridgehead atoms. The highest BCUT2D eigenvalue weighted by Crippen LogP contribution is 2.37. The number of carbonyl (C=O) groups excluding carboxylic acids is 2. The van der Waals surface area contributed by atoms with Crippen LogP contribution in [0, 0.1) is 11.7 Å². The van der Waals surface area contributed by atoms with Crippen molar-refractivity contribution in [3.8, 4) is 0 Å². The maximum absolute atomic E-state index is 14.3. The summed E-state index contributed by atoms with van der Waals surface area (Å²) in [6.07, 6.45) is 0.690.